The molecule has 0 saturated heterocycles. The second-order valence-corrected chi connectivity index (χ2v) is 6.38. The lowest BCUT2D eigenvalue weighted by Crippen LogP contribution is -1.98. The summed E-state index contributed by atoms with van der Waals surface area (Å²) in [5.74, 6) is 1.98. The minimum Gasteiger partial charge on any atom is -0.497 e. The van der Waals surface area contributed by atoms with Gasteiger partial charge < -0.3 is 14.2 Å². The third-order valence-electron chi connectivity index (χ3n) is 4.34. The predicted octanol–water partition coefficient (Wildman–Crippen LogP) is 4.81. The van der Waals surface area contributed by atoms with Crippen LogP contribution in [-0.2, 0) is 9.53 Å². The number of cyclic esters (lactones) is 1. The Hall–Kier alpha value is -3.01. The molecule has 0 unspecified atom stereocenters. The SMILES string of the molecule is COc1ccc(/C=C2\C=C(c3ccc(C(C)C)cc3)OC2=O)c(OC)c1. The molecule has 3 rings (SSSR count). The molecule has 1 aliphatic heterocycles. The number of ether oxygens (including phenoxy) is 3. The van der Waals surface area contributed by atoms with Crippen LogP contribution in [-0.4, -0.2) is 20.2 Å². The number of benzene rings is 2. The number of hydrogen-bond acceptors (Lipinski definition) is 4. The zero-order valence-electron chi connectivity index (χ0n) is 15.4. The maximum absolute atomic E-state index is 12.3. The highest BCUT2D eigenvalue weighted by Gasteiger charge is 2.22. The third kappa shape index (κ3) is 3.64. The topological polar surface area (TPSA) is 44.8 Å². The number of carbonyl (C=O) groups is 1. The first-order chi connectivity index (χ1) is 12.5. The molecule has 0 aliphatic carbocycles. The average Bonchev–Trinajstić information content (AvgIpc) is 3.02. The summed E-state index contributed by atoms with van der Waals surface area (Å²) in [5, 5.41) is 0. The lowest BCUT2D eigenvalue weighted by molar-refractivity contribution is -0.130. The van der Waals surface area contributed by atoms with Gasteiger partial charge in [-0.05, 0) is 35.8 Å². The van der Waals surface area contributed by atoms with E-state index in [9.17, 15) is 4.79 Å². The molecular weight excluding hydrogens is 328 g/mol. The van der Waals surface area contributed by atoms with Crippen LogP contribution in [0.2, 0.25) is 0 Å². The lowest BCUT2D eigenvalue weighted by Gasteiger charge is -2.07. The Labute approximate surface area is 153 Å². The lowest BCUT2D eigenvalue weighted by atomic mass is 10.0. The predicted molar refractivity (Wildman–Crippen MR) is 102 cm³/mol. The highest BCUT2D eigenvalue weighted by Crippen LogP contribution is 2.31. The van der Waals surface area contributed by atoms with E-state index in [1.165, 1.54) is 5.56 Å². The second kappa shape index (κ2) is 7.48. The Balaban J connectivity index is 1.91. The minimum atomic E-state index is -0.370. The number of esters is 1. The van der Waals surface area contributed by atoms with Crippen LogP contribution >= 0.6 is 0 Å². The quantitative estimate of drug-likeness (QED) is 0.573. The summed E-state index contributed by atoms with van der Waals surface area (Å²) in [4.78, 5) is 12.3. The fourth-order valence-corrected chi connectivity index (χ4v) is 2.77. The number of hydrogen-bond donors (Lipinski definition) is 0. The van der Waals surface area contributed by atoms with Gasteiger partial charge in [-0.3, -0.25) is 0 Å². The van der Waals surface area contributed by atoms with E-state index < -0.39 is 0 Å². The summed E-state index contributed by atoms with van der Waals surface area (Å²) < 4.78 is 16.0. The van der Waals surface area contributed by atoms with Gasteiger partial charge >= 0.3 is 5.97 Å². The van der Waals surface area contributed by atoms with E-state index in [0.29, 0.717) is 28.7 Å². The monoisotopic (exact) mass is 350 g/mol. The summed E-state index contributed by atoms with van der Waals surface area (Å²) in [6, 6.07) is 13.5. The summed E-state index contributed by atoms with van der Waals surface area (Å²) in [5.41, 5.74) is 3.40. The fourth-order valence-electron chi connectivity index (χ4n) is 2.77. The first-order valence-electron chi connectivity index (χ1n) is 8.49. The van der Waals surface area contributed by atoms with Crippen molar-refractivity contribution in [1.29, 1.82) is 0 Å². The van der Waals surface area contributed by atoms with E-state index in [0.717, 1.165) is 11.1 Å². The molecule has 0 spiro atoms. The summed E-state index contributed by atoms with van der Waals surface area (Å²) in [7, 11) is 3.18. The van der Waals surface area contributed by atoms with Crippen molar-refractivity contribution < 1.29 is 19.0 Å². The normalized spacial score (nSPS) is 15.2. The van der Waals surface area contributed by atoms with E-state index in [4.69, 9.17) is 14.2 Å². The van der Waals surface area contributed by atoms with E-state index in [2.05, 4.69) is 26.0 Å². The molecule has 0 radical (unpaired) electrons. The van der Waals surface area contributed by atoms with Crippen LogP contribution in [0.1, 0.15) is 36.5 Å². The largest absolute Gasteiger partial charge is 0.497 e. The second-order valence-electron chi connectivity index (χ2n) is 6.38. The van der Waals surface area contributed by atoms with Crippen LogP contribution in [0.3, 0.4) is 0 Å². The van der Waals surface area contributed by atoms with Crippen LogP contribution in [0.15, 0.2) is 54.1 Å². The molecule has 134 valence electrons. The zero-order valence-corrected chi connectivity index (χ0v) is 15.4. The van der Waals surface area contributed by atoms with Gasteiger partial charge in [-0.1, -0.05) is 38.1 Å². The molecule has 4 nitrogen and oxygen atoms in total. The Morgan fingerprint density at radius 1 is 1.00 bits per heavy atom. The number of carbonyl (C=O) groups excluding carboxylic acids is 1. The van der Waals surface area contributed by atoms with Gasteiger partial charge in [-0.15, -0.1) is 0 Å². The molecule has 0 bridgehead atoms. The van der Waals surface area contributed by atoms with Crippen molar-refractivity contribution in [3.8, 4) is 11.5 Å². The molecule has 1 heterocycles. The van der Waals surface area contributed by atoms with Gasteiger partial charge in [-0.2, -0.15) is 0 Å². The standard InChI is InChI=1S/C22H22O4/c1-14(2)15-5-7-16(8-6-15)21-12-18(22(23)26-21)11-17-9-10-19(24-3)13-20(17)25-4/h5-14H,1-4H3/b18-11+. The summed E-state index contributed by atoms with van der Waals surface area (Å²) >= 11 is 0. The summed E-state index contributed by atoms with van der Waals surface area (Å²) in [6.45, 7) is 4.29. The summed E-state index contributed by atoms with van der Waals surface area (Å²) in [6.07, 6.45) is 3.52. The Morgan fingerprint density at radius 2 is 1.73 bits per heavy atom. The fraction of sp³-hybridized carbons (Fsp3) is 0.227. The van der Waals surface area contributed by atoms with Crippen LogP contribution in [0.4, 0.5) is 0 Å². The van der Waals surface area contributed by atoms with Crippen LogP contribution in [0.5, 0.6) is 11.5 Å². The minimum absolute atomic E-state index is 0.370. The zero-order chi connectivity index (χ0) is 18.7. The number of rotatable bonds is 5. The smallest absolute Gasteiger partial charge is 0.343 e. The van der Waals surface area contributed by atoms with Gasteiger partial charge in [0.2, 0.25) is 0 Å². The van der Waals surface area contributed by atoms with E-state index in [1.54, 1.807) is 32.4 Å². The molecule has 0 N–H and O–H groups in total. The third-order valence-corrected chi connectivity index (χ3v) is 4.34. The van der Waals surface area contributed by atoms with Crippen molar-refractivity contribution in [2.45, 2.75) is 19.8 Å². The highest BCUT2D eigenvalue weighted by atomic mass is 16.5. The van der Waals surface area contributed by atoms with Gasteiger partial charge in [0.1, 0.15) is 17.3 Å². The number of methoxy groups -OCH3 is 2. The van der Waals surface area contributed by atoms with Crippen LogP contribution < -0.4 is 9.47 Å². The van der Waals surface area contributed by atoms with Gasteiger partial charge in [0.05, 0.1) is 19.8 Å². The average molecular weight is 350 g/mol. The van der Waals surface area contributed by atoms with Gasteiger partial charge in [0.15, 0.2) is 0 Å². The highest BCUT2D eigenvalue weighted by molar-refractivity contribution is 6.05. The van der Waals surface area contributed by atoms with Gasteiger partial charge in [0, 0.05) is 17.2 Å². The molecular formula is C22H22O4. The van der Waals surface area contributed by atoms with Crippen molar-refractivity contribution in [2.75, 3.05) is 14.2 Å². The van der Waals surface area contributed by atoms with Crippen LogP contribution in [0.25, 0.3) is 11.8 Å². The van der Waals surface area contributed by atoms with E-state index in [1.807, 2.05) is 24.3 Å². The first-order valence-corrected chi connectivity index (χ1v) is 8.49. The molecule has 0 aromatic heterocycles. The van der Waals surface area contributed by atoms with Crippen molar-refractivity contribution >= 4 is 17.8 Å². The molecule has 2 aromatic carbocycles. The molecule has 0 amide bonds. The van der Waals surface area contributed by atoms with Crippen molar-refractivity contribution in [3.63, 3.8) is 0 Å². The molecule has 26 heavy (non-hydrogen) atoms. The van der Waals surface area contributed by atoms with Crippen molar-refractivity contribution in [2.24, 2.45) is 0 Å². The molecule has 1 aliphatic rings. The molecule has 0 saturated carbocycles. The molecule has 0 fully saturated rings. The van der Waals surface area contributed by atoms with E-state index in [-0.39, 0.29) is 5.97 Å². The first kappa shape index (κ1) is 17.8. The Kier molecular flexibility index (Phi) is 5.12. The van der Waals surface area contributed by atoms with Gasteiger partial charge in [0.25, 0.3) is 0 Å². The maximum Gasteiger partial charge on any atom is 0.343 e. The van der Waals surface area contributed by atoms with Crippen molar-refractivity contribution in [1.82, 2.24) is 0 Å². The van der Waals surface area contributed by atoms with E-state index >= 15 is 0 Å². The van der Waals surface area contributed by atoms with Gasteiger partial charge in [-0.25, -0.2) is 4.79 Å². The molecule has 0 atom stereocenters. The Bertz CT molecular complexity index is 874. The van der Waals surface area contributed by atoms with Crippen LogP contribution in [0, 0.1) is 0 Å². The Morgan fingerprint density at radius 3 is 2.35 bits per heavy atom. The molecule has 4 heteroatoms. The molecule has 2 aromatic rings. The maximum atomic E-state index is 12.3. The van der Waals surface area contributed by atoms with Crippen molar-refractivity contribution in [3.05, 3.63) is 70.8 Å².